The molecule has 5 rings (SSSR count). The predicted octanol–water partition coefficient (Wildman–Crippen LogP) is 4.10. The summed E-state index contributed by atoms with van der Waals surface area (Å²) in [5.41, 5.74) is 5.03. The monoisotopic (exact) mass is 384 g/mol. The third-order valence-corrected chi connectivity index (χ3v) is 5.28. The Morgan fingerprint density at radius 2 is 1.90 bits per heavy atom. The van der Waals surface area contributed by atoms with Crippen LogP contribution in [-0.2, 0) is 17.8 Å². The number of aryl methyl sites for hydroxylation is 1. The fourth-order valence-electron chi connectivity index (χ4n) is 3.72. The second-order valence-electron chi connectivity index (χ2n) is 7.23. The Bertz CT molecular complexity index is 1170. The molecule has 29 heavy (non-hydrogen) atoms. The number of fused-ring (bicyclic) bond motifs is 1. The highest BCUT2D eigenvalue weighted by Gasteiger charge is 2.25. The van der Waals surface area contributed by atoms with Crippen molar-refractivity contribution in [2.45, 2.75) is 19.9 Å². The van der Waals surface area contributed by atoms with Gasteiger partial charge < -0.3 is 14.0 Å². The van der Waals surface area contributed by atoms with Gasteiger partial charge in [-0.3, -0.25) is 4.79 Å². The third-order valence-electron chi connectivity index (χ3n) is 5.28. The molecule has 1 aliphatic heterocycles. The quantitative estimate of drug-likeness (QED) is 0.531. The lowest BCUT2D eigenvalue weighted by Gasteiger charge is -2.18. The molecule has 144 valence electrons. The van der Waals surface area contributed by atoms with E-state index in [1.54, 1.807) is 0 Å². The molecule has 1 aliphatic rings. The molecule has 2 aromatic heterocycles. The maximum atomic E-state index is 13.0. The van der Waals surface area contributed by atoms with Gasteiger partial charge in [0, 0.05) is 24.0 Å². The first-order valence-electron chi connectivity index (χ1n) is 9.63. The maximum absolute atomic E-state index is 13.0. The second-order valence-corrected chi connectivity index (χ2v) is 7.23. The number of anilines is 1. The van der Waals surface area contributed by atoms with E-state index in [0.717, 1.165) is 23.4 Å². The number of benzene rings is 2. The van der Waals surface area contributed by atoms with Crippen LogP contribution in [0.1, 0.15) is 11.1 Å². The molecule has 0 bridgehead atoms. The molecule has 0 unspecified atom stereocenters. The molecule has 0 radical (unpaired) electrons. The van der Waals surface area contributed by atoms with Crippen molar-refractivity contribution in [1.29, 1.82) is 0 Å². The number of nitrogens with zero attached hydrogens (tertiary/aromatic N) is 4. The van der Waals surface area contributed by atoms with Gasteiger partial charge >= 0.3 is 0 Å². The number of amides is 1. The van der Waals surface area contributed by atoms with E-state index in [1.807, 2.05) is 77.2 Å². The highest BCUT2D eigenvalue weighted by Crippen LogP contribution is 2.28. The highest BCUT2D eigenvalue weighted by molar-refractivity contribution is 5.95. The molecule has 0 aliphatic carbocycles. The van der Waals surface area contributed by atoms with Crippen LogP contribution < -0.4 is 4.90 Å². The molecule has 0 N–H and O–H groups in total. The Kier molecular flexibility index (Phi) is 4.24. The maximum Gasteiger partial charge on any atom is 0.274 e. The molecule has 0 fully saturated rings. The summed E-state index contributed by atoms with van der Waals surface area (Å²) < 4.78 is 7.35. The lowest BCUT2D eigenvalue weighted by atomic mass is 10.1. The van der Waals surface area contributed by atoms with E-state index in [2.05, 4.69) is 16.2 Å². The van der Waals surface area contributed by atoms with Crippen molar-refractivity contribution in [1.82, 2.24) is 14.7 Å². The van der Waals surface area contributed by atoms with Crippen LogP contribution in [0, 0.1) is 6.92 Å². The average molecular weight is 384 g/mol. The fraction of sp³-hybridized carbons (Fsp3) is 0.174. The van der Waals surface area contributed by atoms with Gasteiger partial charge in [0.1, 0.15) is 12.2 Å². The molecule has 0 atom stereocenters. The van der Waals surface area contributed by atoms with Crippen molar-refractivity contribution in [3.8, 4) is 23.0 Å². The van der Waals surface area contributed by atoms with E-state index in [9.17, 15) is 4.79 Å². The Morgan fingerprint density at radius 3 is 2.76 bits per heavy atom. The summed E-state index contributed by atoms with van der Waals surface area (Å²) >= 11 is 0. The van der Waals surface area contributed by atoms with Crippen molar-refractivity contribution in [2.75, 3.05) is 11.4 Å². The number of para-hydroxylation sites is 1. The summed E-state index contributed by atoms with van der Waals surface area (Å²) in [7, 11) is 0. The summed E-state index contributed by atoms with van der Waals surface area (Å²) in [6.45, 7) is 2.97. The molecular weight excluding hydrogens is 364 g/mol. The predicted molar refractivity (Wildman–Crippen MR) is 110 cm³/mol. The standard InChI is InChI=1S/C23H20N4O2/c1-16-8-10-18(11-9-16)22-24-23(29-25-22)20-7-4-13-26(20)15-21(28)27-14-12-17-5-2-3-6-19(17)27/h2-11,13H,12,14-15H2,1H3. The van der Waals surface area contributed by atoms with Gasteiger partial charge in [0.2, 0.25) is 11.7 Å². The average Bonchev–Trinajstić information content (AvgIpc) is 3.47. The summed E-state index contributed by atoms with van der Waals surface area (Å²) in [5.74, 6) is 0.985. The smallest absolute Gasteiger partial charge is 0.274 e. The molecule has 0 saturated heterocycles. The minimum absolute atomic E-state index is 0.0469. The number of carbonyl (C=O) groups is 1. The van der Waals surface area contributed by atoms with E-state index in [-0.39, 0.29) is 12.5 Å². The fourth-order valence-corrected chi connectivity index (χ4v) is 3.72. The Morgan fingerprint density at radius 1 is 1.07 bits per heavy atom. The topological polar surface area (TPSA) is 64.2 Å². The zero-order valence-electron chi connectivity index (χ0n) is 16.1. The number of hydrogen-bond donors (Lipinski definition) is 0. The van der Waals surface area contributed by atoms with Gasteiger partial charge in [-0.1, -0.05) is 53.2 Å². The zero-order chi connectivity index (χ0) is 19.8. The van der Waals surface area contributed by atoms with E-state index in [1.165, 1.54) is 11.1 Å². The number of hydrogen-bond acceptors (Lipinski definition) is 4. The van der Waals surface area contributed by atoms with Crippen LogP contribution in [0.4, 0.5) is 5.69 Å². The van der Waals surface area contributed by atoms with E-state index in [0.29, 0.717) is 18.3 Å². The van der Waals surface area contributed by atoms with Gasteiger partial charge in [-0.2, -0.15) is 4.98 Å². The van der Waals surface area contributed by atoms with E-state index >= 15 is 0 Å². The molecule has 0 spiro atoms. The van der Waals surface area contributed by atoms with Crippen LogP contribution in [0.25, 0.3) is 23.0 Å². The lowest BCUT2D eigenvalue weighted by Crippen LogP contribution is -2.32. The van der Waals surface area contributed by atoms with Gasteiger partial charge in [-0.25, -0.2) is 0 Å². The molecular formula is C23H20N4O2. The van der Waals surface area contributed by atoms with Crippen LogP contribution >= 0.6 is 0 Å². The number of rotatable bonds is 4. The van der Waals surface area contributed by atoms with Crippen molar-refractivity contribution in [2.24, 2.45) is 0 Å². The summed E-state index contributed by atoms with van der Waals surface area (Å²) in [4.78, 5) is 19.3. The SMILES string of the molecule is Cc1ccc(-c2noc(-c3cccn3CC(=O)N3CCc4ccccc43)n2)cc1. The summed E-state index contributed by atoms with van der Waals surface area (Å²) in [5, 5.41) is 4.10. The number of aromatic nitrogens is 3. The molecule has 6 heteroatoms. The van der Waals surface area contributed by atoms with Gasteiger partial charge in [0.05, 0.1) is 0 Å². The summed E-state index contributed by atoms with van der Waals surface area (Å²) in [6, 6.07) is 19.8. The normalized spacial score (nSPS) is 12.9. The van der Waals surface area contributed by atoms with Crippen molar-refractivity contribution in [3.63, 3.8) is 0 Å². The molecule has 0 saturated carbocycles. The van der Waals surface area contributed by atoms with Crippen LogP contribution in [-0.4, -0.2) is 27.2 Å². The van der Waals surface area contributed by atoms with Crippen molar-refractivity contribution >= 4 is 11.6 Å². The Balaban J connectivity index is 1.38. The highest BCUT2D eigenvalue weighted by atomic mass is 16.5. The molecule has 1 amide bonds. The van der Waals surface area contributed by atoms with Crippen LogP contribution in [0.15, 0.2) is 71.4 Å². The summed E-state index contributed by atoms with van der Waals surface area (Å²) in [6.07, 6.45) is 2.76. The Labute approximate surface area is 168 Å². The zero-order valence-corrected chi connectivity index (χ0v) is 16.1. The Hall–Kier alpha value is -3.67. The van der Waals surface area contributed by atoms with Crippen molar-refractivity contribution in [3.05, 3.63) is 78.0 Å². The first-order valence-corrected chi connectivity index (χ1v) is 9.63. The van der Waals surface area contributed by atoms with E-state index in [4.69, 9.17) is 4.52 Å². The van der Waals surface area contributed by atoms with Gasteiger partial charge in [-0.15, -0.1) is 0 Å². The second kappa shape index (κ2) is 7.05. The molecule has 6 nitrogen and oxygen atoms in total. The van der Waals surface area contributed by atoms with Crippen LogP contribution in [0.2, 0.25) is 0 Å². The minimum atomic E-state index is 0.0469. The molecule has 4 aromatic rings. The van der Waals surface area contributed by atoms with Crippen molar-refractivity contribution < 1.29 is 9.32 Å². The first kappa shape index (κ1) is 17.4. The third kappa shape index (κ3) is 3.23. The van der Waals surface area contributed by atoms with Crippen LogP contribution in [0.5, 0.6) is 0 Å². The first-order chi connectivity index (χ1) is 14.2. The largest absolute Gasteiger partial charge is 0.334 e. The van der Waals surface area contributed by atoms with Gasteiger partial charge in [-0.05, 0) is 37.1 Å². The lowest BCUT2D eigenvalue weighted by molar-refractivity contribution is -0.119. The van der Waals surface area contributed by atoms with Gasteiger partial charge in [0.15, 0.2) is 0 Å². The van der Waals surface area contributed by atoms with Crippen LogP contribution in [0.3, 0.4) is 0 Å². The van der Waals surface area contributed by atoms with Gasteiger partial charge in [0.25, 0.3) is 5.89 Å². The molecule has 2 aromatic carbocycles. The number of carbonyl (C=O) groups excluding carboxylic acids is 1. The molecule has 3 heterocycles. The minimum Gasteiger partial charge on any atom is -0.334 e. The van der Waals surface area contributed by atoms with E-state index < -0.39 is 0 Å².